The van der Waals surface area contributed by atoms with Crippen molar-refractivity contribution >= 4 is 11.8 Å². The van der Waals surface area contributed by atoms with Gasteiger partial charge in [-0.1, -0.05) is 0 Å². The second-order valence-electron chi connectivity index (χ2n) is 5.29. The molecule has 2 amide bonds. The number of rotatable bonds is 6. The highest BCUT2D eigenvalue weighted by Crippen LogP contribution is 2.01. The van der Waals surface area contributed by atoms with Crippen molar-refractivity contribution in [1.29, 1.82) is 0 Å². The molecule has 1 rings (SSSR count). The van der Waals surface area contributed by atoms with Crippen LogP contribution in [0.4, 0.5) is 0 Å². The van der Waals surface area contributed by atoms with Gasteiger partial charge in [0.25, 0.3) is 0 Å². The van der Waals surface area contributed by atoms with E-state index in [1.165, 1.54) is 0 Å². The smallest absolute Gasteiger partial charge is 0.234 e. The fraction of sp³-hybridized carbons (Fsp3) is 0.846. The van der Waals surface area contributed by atoms with Gasteiger partial charge in [0.15, 0.2) is 0 Å². The van der Waals surface area contributed by atoms with Gasteiger partial charge >= 0.3 is 0 Å². The van der Waals surface area contributed by atoms with Gasteiger partial charge in [0.2, 0.25) is 11.8 Å². The monoisotopic (exact) mass is 270 g/mol. The zero-order valence-electron chi connectivity index (χ0n) is 12.3. The molecule has 1 aliphatic heterocycles. The highest BCUT2D eigenvalue weighted by Gasteiger charge is 2.19. The zero-order chi connectivity index (χ0) is 14.3. The molecular weight excluding hydrogens is 244 g/mol. The van der Waals surface area contributed by atoms with Gasteiger partial charge in [-0.15, -0.1) is 0 Å². The Morgan fingerprint density at radius 3 is 2.32 bits per heavy atom. The second kappa shape index (κ2) is 8.12. The van der Waals surface area contributed by atoms with Crippen LogP contribution in [0.3, 0.4) is 0 Å². The zero-order valence-corrected chi connectivity index (χ0v) is 12.3. The van der Waals surface area contributed by atoms with Crippen molar-refractivity contribution in [2.45, 2.75) is 13.3 Å². The predicted molar refractivity (Wildman–Crippen MR) is 74.9 cm³/mol. The first kappa shape index (κ1) is 15.9. The summed E-state index contributed by atoms with van der Waals surface area (Å²) in [5, 5.41) is 2.93. The van der Waals surface area contributed by atoms with Gasteiger partial charge in [0, 0.05) is 39.6 Å². The lowest BCUT2D eigenvalue weighted by Crippen LogP contribution is -2.50. The van der Waals surface area contributed by atoms with Gasteiger partial charge in [-0.2, -0.15) is 0 Å². The topological polar surface area (TPSA) is 55.9 Å². The second-order valence-corrected chi connectivity index (χ2v) is 5.29. The quantitative estimate of drug-likeness (QED) is 0.643. The first-order valence-corrected chi connectivity index (χ1v) is 6.88. The van der Waals surface area contributed by atoms with Crippen molar-refractivity contribution in [3.8, 4) is 0 Å². The summed E-state index contributed by atoms with van der Waals surface area (Å²) in [6.45, 7) is 6.75. The Labute approximate surface area is 115 Å². The summed E-state index contributed by atoms with van der Waals surface area (Å²) in [6, 6.07) is 0. The molecule has 0 aliphatic carbocycles. The van der Waals surface area contributed by atoms with Crippen LogP contribution in [0.5, 0.6) is 0 Å². The summed E-state index contributed by atoms with van der Waals surface area (Å²) < 4.78 is 0. The fourth-order valence-corrected chi connectivity index (χ4v) is 2.10. The summed E-state index contributed by atoms with van der Waals surface area (Å²) in [5.41, 5.74) is 0. The molecule has 0 saturated carbocycles. The molecule has 0 unspecified atom stereocenters. The van der Waals surface area contributed by atoms with Gasteiger partial charge in [0.05, 0.1) is 6.54 Å². The van der Waals surface area contributed by atoms with E-state index in [2.05, 4.69) is 15.1 Å². The van der Waals surface area contributed by atoms with E-state index in [1.807, 2.05) is 19.0 Å². The molecule has 1 saturated heterocycles. The van der Waals surface area contributed by atoms with Crippen LogP contribution in [0.15, 0.2) is 0 Å². The van der Waals surface area contributed by atoms with E-state index in [0.29, 0.717) is 6.54 Å². The van der Waals surface area contributed by atoms with Crippen LogP contribution in [0.25, 0.3) is 0 Å². The Hall–Kier alpha value is -1.14. The molecule has 0 aromatic carbocycles. The molecule has 19 heavy (non-hydrogen) atoms. The normalized spacial score (nSPS) is 16.7. The van der Waals surface area contributed by atoms with Crippen molar-refractivity contribution in [3.05, 3.63) is 0 Å². The highest BCUT2D eigenvalue weighted by atomic mass is 16.2. The van der Waals surface area contributed by atoms with Crippen LogP contribution in [-0.2, 0) is 9.59 Å². The lowest BCUT2D eigenvalue weighted by atomic mass is 10.3. The van der Waals surface area contributed by atoms with E-state index >= 15 is 0 Å². The number of carbonyl (C=O) groups is 2. The molecule has 1 fully saturated rings. The molecule has 0 radical (unpaired) electrons. The largest absolute Gasteiger partial charge is 0.355 e. The van der Waals surface area contributed by atoms with Crippen LogP contribution < -0.4 is 5.32 Å². The van der Waals surface area contributed by atoms with E-state index in [9.17, 15) is 9.59 Å². The number of hydrogen-bond donors (Lipinski definition) is 1. The number of hydrogen-bond acceptors (Lipinski definition) is 4. The third kappa shape index (κ3) is 6.54. The fourth-order valence-electron chi connectivity index (χ4n) is 2.10. The minimum absolute atomic E-state index is 0.0787. The lowest BCUT2D eigenvalue weighted by Gasteiger charge is -2.33. The lowest BCUT2D eigenvalue weighted by molar-refractivity contribution is -0.131. The highest BCUT2D eigenvalue weighted by molar-refractivity contribution is 5.78. The van der Waals surface area contributed by atoms with Gasteiger partial charge < -0.3 is 15.1 Å². The van der Waals surface area contributed by atoms with Gasteiger partial charge in [-0.05, 0) is 27.1 Å². The molecule has 1 N–H and O–H groups in total. The van der Waals surface area contributed by atoms with Crippen molar-refractivity contribution in [2.24, 2.45) is 0 Å². The number of nitrogens with zero attached hydrogens (tertiary/aromatic N) is 3. The van der Waals surface area contributed by atoms with E-state index in [0.717, 1.165) is 45.7 Å². The Morgan fingerprint density at radius 2 is 1.79 bits per heavy atom. The molecule has 0 spiro atoms. The number of nitrogens with one attached hydrogen (secondary N) is 1. The third-order valence-electron chi connectivity index (χ3n) is 3.29. The number of piperazine rings is 1. The van der Waals surface area contributed by atoms with Crippen LogP contribution in [0, 0.1) is 0 Å². The standard InChI is InChI=1S/C13H26N4O2/c1-12(18)17-9-7-16(8-10-17)11-13(19)14-5-4-6-15(2)3/h4-11H2,1-3H3,(H,14,19). The summed E-state index contributed by atoms with van der Waals surface area (Å²) in [4.78, 5) is 28.9. The molecule has 110 valence electrons. The molecule has 0 aromatic rings. The van der Waals surface area contributed by atoms with Crippen molar-refractivity contribution in [3.63, 3.8) is 0 Å². The molecule has 1 heterocycles. The average Bonchev–Trinajstić information content (AvgIpc) is 2.35. The minimum atomic E-state index is 0.0787. The molecule has 0 aromatic heterocycles. The van der Waals surface area contributed by atoms with Crippen LogP contribution in [0.1, 0.15) is 13.3 Å². The molecule has 1 aliphatic rings. The van der Waals surface area contributed by atoms with Gasteiger partial charge in [0.1, 0.15) is 0 Å². The maximum Gasteiger partial charge on any atom is 0.234 e. The van der Waals surface area contributed by atoms with E-state index in [4.69, 9.17) is 0 Å². The van der Waals surface area contributed by atoms with Crippen LogP contribution in [0.2, 0.25) is 0 Å². The first-order chi connectivity index (χ1) is 8.99. The number of amides is 2. The maximum atomic E-state index is 11.7. The average molecular weight is 270 g/mol. The van der Waals surface area contributed by atoms with E-state index in [1.54, 1.807) is 6.92 Å². The van der Waals surface area contributed by atoms with Crippen molar-refractivity contribution in [1.82, 2.24) is 20.0 Å². The van der Waals surface area contributed by atoms with Crippen LogP contribution in [-0.4, -0.2) is 86.4 Å². The summed E-state index contributed by atoms with van der Waals surface area (Å²) in [7, 11) is 4.05. The molecule has 0 atom stereocenters. The van der Waals surface area contributed by atoms with Crippen LogP contribution >= 0.6 is 0 Å². The molecule has 0 bridgehead atoms. The van der Waals surface area contributed by atoms with Gasteiger partial charge in [-0.25, -0.2) is 0 Å². The van der Waals surface area contributed by atoms with Gasteiger partial charge in [-0.3, -0.25) is 14.5 Å². The van der Waals surface area contributed by atoms with E-state index < -0.39 is 0 Å². The molecular formula is C13H26N4O2. The summed E-state index contributed by atoms with van der Waals surface area (Å²) in [5.74, 6) is 0.197. The maximum absolute atomic E-state index is 11.7. The molecule has 6 heteroatoms. The van der Waals surface area contributed by atoms with E-state index in [-0.39, 0.29) is 11.8 Å². The third-order valence-corrected chi connectivity index (χ3v) is 3.29. The Morgan fingerprint density at radius 1 is 1.16 bits per heavy atom. The predicted octanol–water partition coefficient (Wildman–Crippen LogP) is -0.782. The Balaban J connectivity index is 2.11. The number of carbonyl (C=O) groups excluding carboxylic acids is 2. The first-order valence-electron chi connectivity index (χ1n) is 6.88. The SMILES string of the molecule is CC(=O)N1CCN(CC(=O)NCCCN(C)C)CC1. The van der Waals surface area contributed by atoms with Crippen molar-refractivity contribution in [2.75, 3.05) is 59.9 Å². The molecule has 6 nitrogen and oxygen atoms in total. The minimum Gasteiger partial charge on any atom is -0.355 e. The van der Waals surface area contributed by atoms with Crippen molar-refractivity contribution < 1.29 is 9.59 Å². The summed E-state index contributed by atoms with van der Waals surface area (Å²) >= 11 is 0. The Kier molecular flexibility index (Phi) is 6.80. The Bertz CT molecular complexity index is 299. The summed E-state index contributed by atoms with van der Waals surface area (Å²) in [6.07, 6.45) is 0.969.